The highest BCUT2D eigenvalue weighted by molar-refractivity contribution is 7.92. The average molecular weight is 373 g/mol. The molecule has 0 aliphatic heterocycles. The molecule has 1 amide bonds. The number of sulfone groups is 1. The van der Waals surface area contributed by atoms with E-state index in [0.29, 0.717) is 25.7 Å². The van der Waals surface area contributed by atoms with Gasteiger partial charge in [0.2, 0.25) is 5.91 Å². The van der Waals surface area contributed by atoms with E-state index in [0.717, 1.165) is 0 Å². The number of aryl methyl sites for hydroxylation is 2. The molecular weight excluding hydrogens is 346 g/mol. The van der Waals surface area contributed by atoms with Crippen LogP contribution in [0.3, 0.4) is 0 Å². The molecule has 1 aromatic heterocycles. The van der Waals surface area contributed by atoms with Gasteiger partial charge in [0.15, 0.2) is 21.2 Å². The van der Waals surface area contributed by atoms with Gasteiger partial charge in [-0.1, -0.05) is 31.8 Å². The van der Waals surface area contributed by atoms with Gasteiger partial charge in [-0.05, 0) is 26.7 Å². The Morgan fingerprint density at radius 3 is 2.08 bits per heavy atom. The molecule has 0 saturated heterocycles. The molecule has 1 heterocycles. The van der Waals surface area contributed by atoms with Gasteiger partial charge < -0.3 is 16.0 Å². The number of primary amides is 1. The van der Waals surface area contributed by atoms with Crippen LogP contribution in [0.15, 0.2) is 4.52 Å². The highest BCUT2D eigenvalue weighted by Gasteiger charge is 2.47. The van der Waals surface area contributed by atoms with Gasteiger partial charge in [-0.25, -0.2) is 8.42 Å². The fraction of sp³-hybridized carbons (Fsp3) is 0.688. The minimum atomic E-state index is -3.81. The van der Waals surface area contributed by atoms with Gasteiger partial charge in [-0.2, -0.15) is 0 Å². The third kappa shape index (κ3) is 4.46. The first kappa shape index (κ1) is 21.3. The van der Waals surface area contributed by atoms with Crippen molar-refractivity contribution in [3.63, 3.8) is 0 Å². The zero-order chi connectivity index (χ0) is 19.4. The fourth-order valence-electron chi connectivity index (χ4n) is 2.86. The Balaban J connectivity index is 3.31. The summed E-state index contributed by atoms with van der Waals surface area (Å²) in [6, 6.07) is 0. The summed E-state index contributed by atoms with van der Waals surface area (Å²) in [6.45, 7) is 6.74. The van der Waals surface area contributed by atoms with Crippen LogP contribution in [-0.2, 0) is 14.6 Å². The SMILES string of the molecule is CCCC(CCC)S(=O)(=O)CC(N)(C(N)=O)C(=O)c1c(C)noc1C. The number of aromatic nitrogens is 1. The molecule has 9 heteroatoms. The lowest BCUT2D eigenvalue weighted by Gasteiger charge is -2.27. The monoisotopic (exact) mass is 373 g/mol. The molecule has 1 rings (SSSR count). The molecule has 1 aromatic rings. The molecule has 1 atom stereocenters. The molecule has 25 heavy (non-hydrogen) atoms. The normalized spacial score (nSPS) is 14.5. The molecule has 0 saturated carbocycles. The Bertz CT molecular complexity index is 715. The minimum absolute atomic E-state index is 0.000895. The zero-order valence-electron chi connectivity index (χ0n) is 15.2. The molecular formula is C16H27N3O5S. The van der Waals surface area contributed by atoms with Crippen LogP contribution in [0.5, 0.6) is 0 Å². The zero-order valence-corrected chi connectivity index (χ0v) is 16.0. The summed E-state index contributed by atoms with van der Waals surface area (Å²) in [4.78, 5) is 24.8. The van der Waals surface area contributed by atoms with Crippen molar-refractivity contribution in [2.75, 3.05) is 5.75 Å². The number of nitrogens with zero attached hydrogens (tertiary/aromatic N) is 1. The number of amides is 1. The number of carbonyl (C=O) groups is 2. The van der Waals surface area contributed by atoms with E-state index in [1.807, 2.05) is 13.8 Å². The van der Waals surface area contributed by atoms with Crippen LogP contribution < -0.4 is 11.5 Å². The lowest BCUT2D eigenvalue weighted by molar-refractivity contribution is -0.120. The van der Waals surface area contributed by atoms with Crippen molar-refractivity contribution in [3.05, 3.63) is 17.0 Å². The summed E-state index contributed by atoms with van der Waals surface area (Å²) in [5.74, 6) is -2.74. The molecule has 0 aliphatic carbocycles. The van der Waals surface area contributed by atoms with E-state index in [2.05, 4.69) is 5.16 Å². The van der Waals surface area contributed by atoms with Crippen molar-refractivity contribution in [2.45, 2.75) is 64.2 Å². The van der Waals surface area contributed by atoms with E-state index >= 15 is 0 Å². The summed E-state index contributed by atoms with van der Waals surface area (Å²) in [6.07, 6.45) is 2.20. The van der Waals surface area contributed by atoms with Gasteiger partial charge in [-0.15, -0.1) is 0 Å². The first-order chi connectivity index (χ1) is 11.5. The number of ketones is 1. The summed E-state index contributed by atoms with van der Waals surface area (Å²) < 4.78 is 30.5. The van der Waals surface area contributed by atoms with Gasteiger partial charge in [0.25, 0.3) is 0 Å². The molecule has 0 bridgehead atoms. The quantitative estimate of drug-likeness (QED) is 0.460. The van der Waals surface area contributed by atoms with E-state index in [-0.39, 0.29) is 17.0 Å². The minimum Gasteiger partial charge on any atom is -0.368 e. The van der Waals surface area contributed by atoms with Gasteiger partial charge in [-0.3, -0.25) is 9.59 Å². The van der Waals surface area contributed by atoms with Crippen molar-refractivity contribution in [1.29, 1.82) is 0 Å². The van der Waals surface area contributed by atoms with Crippen LogP contribution in [0.2, 0.25) is 0 Å². The maximum Gasteiger partial charge on any atom is 0.246 e. The predicted molar refractivity (Wildman–Crippen MR) is 93.8 cm³/mol. The van der Waals surface area contributed by atoms with Gasteiger partial charge in [0.1, 0.15) is 5.76 Å². The third-order valence-electron chi connectivity index (χ3n) is 4.26. The summed E-state index contributed by atoms with van der Waals surface area (Å²) in [7, 11) is -3.81. The van der Waals surface area contributed by atoms with Crippen LogP contribution in [-0.4, -0.2) is 41.8 Å². The summed E-state index contributed by atoms with van der Waals surface area (Å²) >= 11 is 0. The van der Waals surface area contributed by atoms with Crippen molar-refractivity contribution >= 4 is 21.5 Å². The Hall–Kier alpha value is -1.74. The smallest absolute Gasteiger partial charge is 0.246 e. The van der Waals surface area contributed by atoms with Gasteiger partial charge >= 0.3 is 0 Å². The number of rotatable bonds is 10. The number of hydrogen-bond donors (Lipinski definition) is 2. The van der Waals surface area contributed by atoms with Crippen LogP contribution >= 0.6 is 0 Å². The number of hydrogen-bond acceptors (Lipinski definition) is 7. The lowest BCUT2D eigenvalue weighted by Crippen LogP contribution is -2.63. The first-order valence-corrected chi connectivity index (χ1v) is 10.0. The second-order valence-electron chi connectivity index (χ2n) is 6.37. The van der Waals surface area contributed by atoms with Gasteiger partial charge in [0.05, 0.1) is 22.3 Å². The molecule has 0 aliphatic rings. The second-order valence-corrected chi connectivity index (χ2v) is 8.65. The van der Waals surface area contributed by atoms with Crippen LogP contribution in [0.4, 0.5) is 0 Å². The lowest BCUT2D eigenvalue weighted by atomic mass is 9.90. The number of carbonyl (C=O) groups excluding carboxylic acids is 2. The van der Waals surface area contributed by atoms with Crippen molar-refractivity contribution < 1.29 is 22.5 Å². The number of Topliss-reactive ketones (excluding diaryl/α,β-unsaturated/α-hetero) is 1. The summed E-state index contributed by atoms with van der Waals surface area (Å²) in [5, 5.41) is 2.98. The number of nitrogens with two attached hydrogens (primary N) is 2. The van der Waals surface area contributed by atoms with Crippen molar-refractivity contribution in [3.8, 4) is 0 Å². The Kier molecular flexibility index (Phi) is 6.90. The fourth-order valence-corrected chi connectivity index (χ4v) is 5.19. The largest absolute Gasteiger partial charge is 0.368 e. The molecule has 4 N–H and O–H groups in total. The molecule has 0 fully saturated rings. The molecule has 0 spiro atoms. The Labute approximate surface area is 148 Å². The van der Waals surface area contributed by atoms with E-state index in [4.69, 9.17) is 16.0 Å². The van der Waals surface area contributed by atoms with Crippen LogP contribution in [0, 0.1) is 13.8 Å². The average Bonchev–Trinajstić information content (AvgIpc) is 2.84. The maximum atomic E-state index is 12.8. The first-order valence-electron chi connectivity index (χ1n) is 8.29. The topological polar surface area (TPSA) is 146 Å². The highest BCUT2D eigenvalue weighted by Crippen LogP contribution is 2.24. The molecule has 0 radical (unpaired) electrons. The molecule has 0 aromatic carbocycles. The van der Waals surface area contributed by atoms with Gasteiger partial charge in [0, 0.05) is 0 Å². The Morgan fingerprint density at radius 2 is 1.72 bits per heavy atom. The third-order valence-corrected chi connectivity index (χ3v) is 6.61. The van der Waals surface area contributed by atoms with Crippen LogP contribution in [0.25, 0.3) is 0 Å². The van der Waals surface area contributed by atoms with E-state index in [1.165, 1.54) is 13.8 Å². The van der Waals surface area contributed by atoms with Crippen molar-refractivity contribution in [2.24, 2.45) is 11.5 Å². The standard InChI is InChI=1S/C16H27N3O5S/c1-5-7-12(8-6-2)25(22,23)9-16(18,15(17)21)14(20)13-10(3)19-24-11(13)4/h12H,5-9,18H2,1-4H3,(H2,17,21). The Morgan fingerprint density at radius 1 is 1.20 bits per heavy atom. The van der Waals surface area contributed by atoms with E-state index in [9.17, 15) is 18.0 Å². The second kappa shape index (κ2) is 8.09. The summed E-state index contributed by atoms with van der Waals surface area (Å²) in [5.41, 5.74) is 9.16. The van der Waals surface area contributed by atoms with E-state index < -0.39 is 38.1 Å². The van der Waals surface area contributed by atoms with Crippen molar-refractivity contribution in [1.82, 2.24) is 5.16 Å². The molecule has 142 valence electrons. The maximum absolute atomic E-state index is 12.8. The van der Waals surface area contributed by atoms with Crippen LogP contribution in [0.1, 0.15) is 61.3 Å². The van der Waals surface area contributed by atoms with E-state index in [1.54, 1.807) is 0 Å². The highest BCUT2D eigenvalue weighted by atomic mass is 32.2. The molecule has 8 nitrogen and oxygen atoms in total. The predicted octanol–water partition coefficient (Wildman–Crippen LogP) is 1.04. The molecule has 1 unspecified atom stereocenters.